The monoisotopic (exact) mass is 924 g/mol. The van der Waals surface area contributed by atoms with Crippen LogP contribution in [0.4, 0.5) is 0 Å². The van der Waals surface area contributed by atoms with E-state index in [9.17, 15) is 0 Å². The molecule has 2 aromatic heterocycles. The number of benzene rings is 14. The molecule has 16 rings (SSSR count). The van der Waals surface area contributed by atoms with Crippen LogP contribution in [0.1, 0.15) is 0 Å². The maximum atomic E-state index is 6.69. The molecule has 3 nitrogen and oxygen atoms in total. The van der Waals surface area contributed by atoms with Gasteiger partial charge < -0.3 is 4.42 Å². The third kappa shape index (κ3) is 5.94. The highest BCUT2D eigenvalue weighted by Gasteiger charge is 2.20. The molecule has 0 saturated carbocycles. The summed E-state index contributed by atoms with van der Waals surface area (Å²) in [4.78, 5) is 10.9. The summed E-state index contributed by atoms with van der Waals surface area (Å²) < 4.78 is 6.69. The molecular formula is C70H40N2O. The molecule has 0 atom stereocenters. The Kier molecular flexibility index (Phi) is 8.45. The molecule has 336 valence electrons. The molecule has 0 aliphatic carbocycles. The fourth-order valence-corrected chi connectivity index (χ4v) is 12.3. The molecule has 0 radical (unpaired) electrons. The minimum Gasteiger partial charge on any atom is -0.435 e. The van der Waals surface area contributed by atoms with Gasteiger partial charge in [-0.1, -0.05) is 206 Å². The van der Waals surface area contributed by atoms with E-state index in [2.05, 4.69) is 243 Å². The summed E-state index contributed by atoms with van der Waals surface area (Å²) in [6, 6.07) is 88.3. The first-order chi connectivity index (χ1) is 36.2. The Morgan fingerprint density at radius 1 is 0.219 bits per heavy atom. The van der Waals surface area contributed by atoms with Crippen molar-refractivity contribution < 1.29 is 4.42 Å². The Bertz CT molecular complexity index is 4880. The second-order valence-electron chi connectivity index (χ2n) is 19.5. The molecule has 16 aromatic rings. The molecule has 0 unspecified atom stereocenters. The van der Waals surface area contributed by atoms with Crippen molar-refractivity contribution in [2.45, 2.75) is 0 Å². The fourth-order valence-electron chi connectivity index (χ4n) is 12.3. The third-order valence-corrected chi connectivity index (χ3v) is 15.6. The highest BCUT2D eigenvalue weighted by atomic mass is 16.3. The number of hydrogen-bond acceptors (Lipinski definition) is 3. The summed E-state index contributed by atoms with van der Waals surface area (Å²) in [5, 5.41) is 22.9. The van der Waals surface area contributed by atoms with E-state index in [4.69, 9.17) is 14.4 Å². The zero-order valence-electron chi connectivity index (χ0n) is 39.4. The van der Waals surface area contributed by atoms with Crippen LogP contribution >= 0.6 is 0 Å². The minimum absolute atomic E-state index is 0.608. The Balaban J connectivity index is 0.928. The molecule has 14 aromatic carbocycles. The molecule has 0 spiro atoms. The second-order valence-corrected chi connectivity index (χ2v) is 19.5. The van der Waals surface area contributed by atoms with Gasteiger partial charge in [0.05, 0.1) is 11.2 Å². The molecule has 0 aliphatic rings. The van der Waals surface area contributed by atoms with Crippen molar-refractivity contribution in [1.29, 1.82) is 0 Å². The highest BCUT2D eigenvalue weighted by molar-refractivity contribution is 6.28. The standard InChI is InChI=1S/C70H40N2O/c1-3-19-49-45(15-1)47-17-5-7-23-53(47)63-37-43(33-35-56(49)63)62-40-66(44-34-36-57-50-20-4-2-16-46(50)48-18-6-8-24-54(48)64(57)38-44)71-67-58-26-12-10-25-55(58)61(39-65(62)67)41-29-31-42(32-30-41)70-72-68-59-27-13-9-21-51(59)52-22-11-14-28-60(52)69(68)73-70/h1-40H. The van der Waals surface area contributed by atoms with Gasteiger partial charge in [-0.2, -0.15) is 0 Å². The van der Waals surface area contributed by atoms with Gasteiger partial charge >= 0.3 is 0 Å². The van der Waals surface area contributed by atoms with Crippen LogP contribution in [0.2, 0.25) is 0 Å². The lowest BCUT2D eigenvalue weighted by Gasteiger charge is -2.17. The van der Waals surface area contributed by atoms with Crippen molar-refractivity contribution in [2.24, 2.45) is 0 Å². The Morgan fingerprint density at radius 2 is 0.575 bits per heavy atom. The first kappa shape index (κ1) is 40.1. The molecule has 0 saturated heterocycles. The van der Waals surface area contributed by atoms with Crippen LogP contribution in [0.15, 0.2) is 247 Å². The van der Waals surface area contributed by atoms with Crippen molar-refractivity contribution in [3.8, 4) is 45.0 Å². The molecule has 0 bridgehead atoms. The number of aromatic nitrogens is 2. The number of hydrogen-bond donors (Lipinski definition) is 0. The number of oxazole rings is 1. The summed E-state index contributed by atoms with van der Waals surface area (Å²) in [5.74, 6) is 0.608. The van der Waals surface area contributed by atoms with Gasteiger partial charge in [-0.3, -0.25) is 0 Å². The van der Waals surface area contributed by atoms with Gasteiger partial charge in [-0.15, -0.1) is 0 Å². The SMILES string of the molecule is c1ccc2c(c1)c(-c1ccc(-c3nc4c5ccccc5c5ccccc5c4o3)cc1)cc1c(-c3ccc4c5ccccc5c5ccccc5c4c3)cc(-c3ccc4c5ccccc5c5ccccc5c4c3)nc12. The molecule has 0 aliphatic heterocycles. The van der Waals surface area contributed by atoms with Crippen molar-refractivity contribution in [3.63, 3.8) is 0 Å². The lowest BCUT2D eigenvalue weighted by molar-refractivity contribution is 0.623. The third-order valence-electron chi connectivity index (χ3n) is 15.6. The summed E-state index contributed by atoms with van der Waals surface area (Å²) in [5.41, 5.74) is 10.1. The first-order valence-corrected chi connectivity index (χ1v) is 25.0. The zero-order chi connectivity index (χ0) is 47.7. The van der Waals surface area contributed by atoms with Crippen molar-refractivity contribution >= 4 is 119 Å². The van der Waals surface area contributed by atoms with Gasteiger partial charge in [-0.05, 0) is 139 Å². The van der Waals surface area contributed by atoms with Crippen LogP contribution < -0.4 is 0 Å². The maximum absolute atomic E-state index is 6.69. The zero-order valence-corrected chi connectivity index (χ0v) is 39.4. The second kappa shape index (κ2) is 15.4. The van der Waals surface area contributed by atoms with E-state index >= 15 is 0 Å². The average molecular weight is 925 g/mol. The van der Waals surface area contributed by atoms with Gasteiger partial charge in [0.2, 0.25) is 5.89 Å². The predicted octanol–water partition coefficient (Wildman–Crippen LogP) is 19.4. The minimum atomic E-state index is 0.608. The van der Waals surface area contributed by atoms with Gasteiger partial charge in [0.1, 0.15) is 5.52 Å². The Labute approximate surface area is 418 Å². The summed E-state index contributed by atoms with van der Waals surface area (Å²) in [7, 11) is 0. The largest absolute Gasteiger partial charge is 0.435 e. The highest BCUT2D eigenvalue weighted by Crippen LogP contribution is 2.45. The normalized spacial score (nSPS) is 12.1. The van der Waals surface area contributed by atoms with E-state index < -0.39 is 0 Å². The van der Waals surface area contributed by atoms with Gasteiger partial charge in [-0.25, -0.2) is 9.97 Å². The van der Waals surface area contributed by atoms with E-state index in [1.165, 1.54) is 70.0 Å². The molecule has 0 amide bonds. The fraction of sp³-hybridized carbons (Fsp3) is 0. The molecule has 2 heterocycles. The van der Waals surface area contributed by atoms with Crippen LogP contribution in [-0.4, -0.2) is 9.97 Å². The van der Waals surface area contributed by atoms with E-state index in [1.54, 1.807) is 0 Å². The number of pyridine rings is 1. The van der Waals surface area contributed by atoms with E-state index in [0.717, 1.165) is 88.0 Å². The van der Waals surface area contributed by atoms with Gasteiger partial charge in [0.15, 0.2) is 5.58 Å². The van der Waals surface area contributed by atoms with Crippen LogP contribution in [0.3, 0.4) is 0 Å². The van der Waals surface area contributed by atoms with Crippen LogP contribution in [0.25, 0.3) is 164 Å². The Morgan fingerprint density at radius 3 is 1.11 bits per heavy atom. The van der Waals surface area contributed by atoms with Crippen molar-refractivity contribution in [1.82, 2.24) is 9.97 Å². The summed E-state index contributed by atoms with van der Waals surface area (Å²) in [6.45, 7) is 0. The van der Waals surface area contributed by atoms with E-state index in [-0.39, 0.29) is 0 Å². The van der Waals surface area contributed by atoms with Crippen molar-refractivity contribution in [2.75, 3.05) is 0 Å². The smallest absolute Gasteiger partial charge is 0.227 e. The van der Waals surface area contributed by atoms with Gasteiger partial charge in [0, 0.05) is 32.7 Å². The molecular weight excluding hydrogens is 885 g/mol. The quantitative estimate of drug-likeness (QED) is 0.165. The molecule has 0 fully saturated rings. The number of rotatable bonds is 4. The molecule has 3 heteroatoms. The molecule has 73 heavy (non-hydrogen) atoms. The number of nitrogens with zero attached hydrogens (tertiary/aromatic N) is 2. The number of fused-ring (bicyclic) bond motifs is 21. The summed E-state index contributed by atoms with van der Waals surface area (Å²) in [6.07, 6.45) is 0. The lowest BCUT2D eigenvalue weighted by atomic mass is 9.88. The van der Waals surface area contributed by atoms with Crippen LogP contribution in [0.5, 0.6) is 0 Å². The maximum Gasteiger partial charge on any atom is 0.227 e. The van der Waals surface area contributed by atoms with Crippen LogP contribution in [0, 0.1) is 0 Å². The lowest BCUT2D eigenvalue weighted by Crippen LogP contribution is -1.94. The van der Waals surface area contributed by atoms with Crippen molar-refractivity contribution in [3.05, 3.63) is 243 Å². The topological polar surface area (TPSA) is 38.9 Å². The predicted molar refractivity (Wildman–Crippen MR) is 309 cm³/mol. The van der Waals surface area contributed by atoms with Gasteiger partial charge in [0.25, 0.3) is 0 Å². The summed E-state index contributed by atoms with van der Waals surface area (Å²) >= 11 is 0. The van der Waals surface area contributed by atoms with Crippen LogP contribution in [-0.2, 0) is 0 Å². The first-order valence-electron chi connectivity index (χ1n) is 25.0. The Hall–Kier alpha value is -9.70. The van der Waals surface area contributed by atoms with E-state index in [1.807, 2.05) is 0 Å². The van der Waals surface area contributed by atoms with E-state index in [0.29, 0.717) is 5.89 Å². The average Bonchev–Trinajstić information content (AvgIpc) is 3.93. The molecule has 0 N–H and O–H groups in total.